The molecule has 0 heterocycles. The van der Waals surface area contributed by atoms with Crippen molar-refractivity contribution >= 4 is 19.8 Å². The van der Waals surface area contributed by atoms with Gasteiger partial charge in [-0.15, -0.1) is 0 Å². The van der Waals surface area contributed by atoms with Crippen LogP contribution >= 0.6 is 7.82 Å². The standard InChI is InChI=1S/C49H96NO8P/c1-6-8-10-12-14-16-18-20-22-24-26-27-29-31-33-35-37-39-41-48(51)55-45-47(46-57-59(53,54)56-44-43-50(3,4)5)58-49(52)42-40-38-36-34-32-30-28-25-23-21-19-17-15-13-11-9-7-2/h21,23,47H,6-20,22,24-46H2,1-5H3/b23-21-. The van der Waals surface area contributed by atoms with Gasteiger partial charge in [0, 0.05) is 12.8 Å². The average Bonchev–Trinajstić information content (AvgIpc) is 3.19. The van der Waals surface area contributed by atoms with E-state index in [2.05, 4.69) is 26.0 Å². The fourth-order valence-corrected chi connectivity index (χ4v) is 7.85. The highest BCUT2D eigenvalue weighted by atomic mass is 31.2. The van der Waals surface area contributed by atoms with Crippen LogP contribution in [0.1, 0.15) is 239 Å². The molecule has 0 bridgehead atoms. The summed E-state index contributed by atoms with van der Waals surface area (Å²) < 4.78 is 34.0. The molecule has 9 nitrogen and oxygen atoms in total. The van der Waals surface area contributed by atoms with Gasteiger partial charge < -0.3 is 27.9 Å². The van der Waals surface area contributed by atoms with Gasteiger partial charge in [0.25, 0.3) is 7.82 Å². The third-order valence-corrected chi connectivity index (χ3v) is 12.0. The van der Waals surface area contributed by atoms with Crippen LogP contribution in [0.5, 0.6) is 0 Å². The Balaban J connectivity index is 4.25. The zero-order valence-corrected chi connectivity index (χ0v) is 40.4. The summed E-state index contributed by atoms with van der Waals surface area (Å²) in [5.41, 5.74) is 0. The molecule has 350 valence electrons. The molecule has 2 unspecified atom stereocenters. The Morgan fingerprint density at radius 3 is 1.25 bits per heavy atom. The van der Waals surface area contributed by atoms with Gasteiger partial charge in [0.1, 0.15) is 19.8 Å². The van der Waals surface area contributed by atoms with E-state index < -0.39 is 26.5 Å². The molecule has 0 aromatic heterocycles. The number of ether oxygens (including phenoxy) is 2. The largest absolute Gasteiger partial charge is 0.756 e. The first-order valence-electron chi connectivity index (χ1n) is 24.9. The number of quaternary nitrogens is 1. The fourth-order valence-electron chi connectivity index (χ4n) is 7.12. The minimum absolute atomic E-state index is 0.0283. The summed E-state index contributed by atoms with van der Waals surface area (Å²) in [4.78, 5) is 37.7. The van der Waals surface area contributed by atoms with Crippen molar-refractivity contribution in [1.29, 1.82) is 0 Å². The van der Waals surface area contributed by atoms with Crippen molar-refractivity contribution in [3.05, 3.63) is 12.2 Å². The highest BCUT2D eigenvalue weighted by molar-refractivity contribution is 7.45. The molecule has 0 aliphatic carbocycles. The number of nitrogens with zero attached hydrogens (tertiary/aromatic N) is 1. The molecule has 0 spiro atoms. The molecule has 0 aromatic carbocycles. The van der Waals surface area contributed by atoms with Crippen molar-refractivity contribution < 1.29 is 42.1 Å². The Morgan fingerprint density at radius 1 is 0.508 bits per heavy atom. The first-order chi connectivity index (χ1) is 28.5. The van der Waals surface area contributed by atoms with Crippen molar-refractivity contribution in [2.45, 2.75) is 245 Å². The van der Waals surface area contributed by atoms with Crippen molar-refractivity contribution in [3.8, 4) is 0 Å². The predicted molar refractivity (Wildman–Crippen MR) is 245 cm³/mol. The van der Waals surface area contributed by atoms with Crippen LogP contribution in [0.4, 0.5) is 0 Å². The molecule has 2 atom stereocenters. The Hall–Kier alpha value is -1.25. The van der Waals surface area contributed by atoms with Gasteiger partial charge >= 0.3 is 11.9 Å². The second-order valence-electron chi connectivity index (χ2n) is 18.2. The van der Waals surface area contributed by atoms with Gasteiger partial charge in [0.05, 0.1) is 27.7 Å². The number of hydrogen-bond acceptors (Lipinski definition) is 8. The van der Waals surface area contributed by atoms with Gasteiger partial charge in [-0.05, 0) is 38.5 Å². The van der Waals surface area contributed by atoms with Crippen LogP contribution in [0.15, 0.2) is 12.2 Å². The predicted octanol–water partition coefficient (Wildman–Crippen LogP) is 13.9. The van der Waals surface area contributed by atoms with Crippen molar-refractivity contribution in [1.82, 2.24) is 0 Å². The second kappa shape index (κ2) is 42.1. The molecule has 0 aromatic rings. The Bertz CT molecular complexity index is 1020. The lowest BCUT2D eigenvalue weighted by atomic mass is 10.0. The number of hydrogen-bond donors (Lipinski definition) is 0. The van der Waals surface area contributed by atoms with Crippen molar-refractivity contribution in [3.63, 3.8) is 0 Å². The molecule has 10 heteroatoms. The van der Waals surface area contributed by atoms with Gasteiger partial charge in [-0.25, -0.2) is 0 Å². The van der Waals surface area contributed by atoms with E-state index in [1.165, 1.54) is 161 Å². The maximum absolute atomic E-state index is 12.7. The summed E-state index contributed by atoms with van der Waals surface area (Å²) in [5, 5.41) is 0. The van der Waals surface area contributed by atoms with E-state index in [9.17, 15) is 19.0 Å². The lowest BCUT2D eigenvalue weighted by molar-refractivity contribution is -0.870. The molecular weight excluding hydrogens is 762 g/mol. The maximum atomic E-state index is 12.7. The molecular formula is C49H96NO8P. The number of unbranched alkanes of at least 4 members (excludes halogenated alkanes) is 30. The number of carbonyl (C=O) groups excluding carboxylic acids is 2. The number of rotatable bonds is 46. The SMILES string of the molecule is CCCCCCCC/C=C\CCCCCCCCCC(=O)OC(COC(=O)CCCCCCCCCCCCCCCCCCCC)COP(=O)([O-])OCC[N+](C)(C)C. The van der Waals surface area contributed by atoms with E-state index in [-0.39, 0.29) is 32.0 Å². The van der Waals surface area contributed by atoms with Gasteiger partial charge in [0.2, 0.25) is 0 Å². The normalized spacial score (nSPS) is 13.5. The summed E-state index contributed by atoms with van der Waals surface area (Å²) in [6.45, 7) is 4.26. The summed E-state index contributed by atoms with van der Waals surface area (Å²) in [7, 11) is 1.18. The van der Waals surface area contributed by atoms with Gasteiger partial charge in [-0.3, -0.25) is 14.2 Å². The molecule has 0 amide bonds. The number of allylic oxidation sites excluding steroid dienone is 2. The molecule has 0 aliphatic heterocycles. The summed E-state index contributed by atoms with van der Waals surface area (Å²) in [6, 6.07) is 0. The summed E-state index contributed by atoms with van der Waals surface area (Å²) in [5.74, 6) is -0.825. The lowest BCUT2D eigenvalue weighted by Gasteiger charge is -2.28. The number of phosphoric ester groups is 1. The van der Waals surface area contributed by atoms with E-state index in [0.29, 0.717) is 17.4 Å². The molecule has 0 radical (unpaired) electrons. The van der Waals surface area contributed by atoms with Gasteiger partial charge in [0.15, 0.2) is 6.10 Å². The van der Waals surface area contributed by atoms with Crippen molar-refractivity contribution in [2.75, 3.05) is 47.5 Å². The van der Waals surface area contributed by atoms with Crippen molar-refractivity contribution in [2.24, 2.45) is 0 Å². The second-order valence-corrected chi connectivity index (χ2v) is 19.6. The molecule has 59 heavy (non-hydrogen) atoms. The molecule has 0 rings (SSSR count). The molecule has 0 saturated heterocycles. The van der Waals surface area contributed by atoms with Crippen LogP contribution in [-0.4, -0.2) is 70.0 Å². The van der Waals surface area contributed by atoms with Crippen LogP contribution in [0.2, 0.25) is 0 Å². The topological polar surface area (TPSA) is 111 Å². The highest BCUT2D eigenvalue weighted by Crippen LogP contribution is 2.38. The van der Waals surface area contributed by atoms with Crippen LogP contribution in [0.25, 0.3) is 0 Å². The Labute approximate surface area is 365 Å². The molecule has 0 aliphatic rings. The van der Waals surface area contributed by atoms with E-state index in [1.54, 1.807) is 0 Å². The van der Waals surface area contributed by atoms with Gasteiger partial charge in [-0.2, -0.15) is 0 Å². The number of carbonyl (C=O) groups is 2. The quantitative estimate of drug-likeness (QED) is 0.0196. The van der Waals surface area contributed by atoms with Crippen LogP contribution in [0, 0.1) is 0 Å². The van der Waals surface area contributed by atoms with E-state index in [4.69, 9.17) is 18.5 Å². The monoisotopic (exact) mass is 858 g/mol. The van der Waals surface area contributed by atoms with E-state index >= 15 is 0 Å². The smallest absolute Gasteiger partial charge is 0.306 e. The van der Waals surface area contributed by atoms with Crippen LogP contribution in [0.3, 0.4) is 0 Å². The van der Waals surface area contributed by atoms with Gasteiger partial charge in [-0.1, -0.05) is 199 Å². The zero-order chi connectivity index (χ0) is 43.6. The fraction of sp³-hybridized carbons (Fsp3) is 0.918. The highest BCUT2D eigenvalue weighted by Gasteiger charge is 2.21. The average molecular weight is 858 g/mol. The molecule has 0 saturated carbocycles. The summed E-state index contributed by atoms with van der Waals surface area (Å²) in [6.07, 6.45) is 45.2. The van der Waals surface area contributed by atoms with E-state index in [1.807, 2.05) is 21.1 Å². The lowest BCUT2D eigenvalue weighted by Crippen LogP contribution is -2.37. The van der Waals surface area contributed by atoms with Crippen LogP contribution in [-0.2, 0) is 32.7 Å². The Kier molecular flexibility index (Phi) is 41.2. The molecule has 0 fully saturated rings. The first kappa shape index (κ1) is 57.8. The van der Waals surface area contributed by atoms with E-state index in [0.717, 1.165) is 44.9 Å². The number of esters is 2. The minimum Gasteiger partial charge on any atom is -0.756 e. The number of phosphoric acid groups is 1. The number of likely N-dealkylation sites (N-methyl/N-ethyl adjacent to an activating group) is 1. The summed E-state index contributed by atoms with van der Waals surface area (Å²) >= 11 is 0. The third-order valence-electron chi connectivity index (χ3n) is 11.0. The minimum atomic E-state index is -4.62. The zero-order valence-electron chi connectivity index (χ0n) is 39.5. The van der Waals surface area contributed by atoms with Crippen LogP contribution < -0.4 is 4.89 Å². The Morgan fingerprint density at radius 2 is 0.864 bits per heavy atom. The molecule has 0 N–H and O–H groups in total. The third kappa shape index (κ3) is 46.1. The first-order valence-corrected chi connectivity index (χ1v) is 26.4. The maximum Gasteiger partial charge on any atom is 0.306 e.